The third kappa shape index (κ3) is 7.64. The highest BCUT2D eigenvalue weighted by atomic mass is 16.6. The summed E-state index contributed by atoms with van der Waals surface area (Å²) in [6.45, 7) is 1.60. The summed E-state index contributed by atoms with van der Waals surface area (Å²) in [5.41, 5.74) is -0.0262. The van der Waals surface area contributed by atoms with Crippen LogP contribution in [-0.2, 0) is 4.79 Å². The van der Waals surface area contributed by atoms with Crippen molar-refractivity contribution in [2.24, 2.45) is 0 Å². The van der Waals surface area contributed by atoms with Crippen LogP contribution >= 0.6 is 0 Å². The van der Waals surface area contributed by atoms with Gasteiger partial charge < -0.3 is 23.7 Å². The number of para-hydroxylation sites is 1. The molecule has 5 aromatic carbocycles. The molecule has 0 amide bonds. The number of benzene rings is 5. The van der Waals surface area contributed by atoms with Gasteiger partial charge in [0.25, 0.3) is 5.69 Å². The minimum Gasteiger partial charge on any atom is -0.479 e. The van der Waals surface area contributed by atoms with Crippen LogP contribution < -0.4 is 23.7 Å². The molecule has 9 heteroatoms. The van der Waals surface area contributed by atoms with Gasteiger partial charge in [0.05, 0.1) is 4.92 Å². The lowest BCUT2D eigenvalue weighted by atomic mass is 10.3. The van der Waals surface area contributed by atoms with E-state index in [1.54, 1.807) is 55.5 Å². The molecule has 0 aliphatic heterocycles. The molecule has 0 spiro atoms. The predicted molar refractivity (Wildman–Crippen MR) is 155 cm³/mol. The van der Waals surface area contributed by atoms with Crippen LogP contribution in [-0.4, -0.2) is 17.0 Å². The van der Waals surface area contributed by atoms with Crippen molar-refractivity contribution < 1.29 is 33.4 Å². The maximum atomic E-state index is 12.6. The molecule has 0 radical (unpaired) electrons. The fraction of sp³-hybridized carbons (Fsp3) is 0.0606. The van der Waals surface area contributed by atoms with Crippen LogP contribution in [0.25, 0.3) is 0 Å². The number of nitrogens with zero attached hydrogens (tertiary/aromatic N) is 1. The van der Waals surface area contributed by atoms with Gasteiger partial charge in [-0.25, -0.2) is 4.79 Å². The average Bonchev–Trinajstić information content (AvgIpc) is 3.01. The van der Waals surface area contributed by atoms with E-state index in [0.717, 1.165) is 5.75 Å². The van der Waals surface area contributed by atoms with E-state index in [1.807, 2.05) is 54.6 Å². The van der Waals surface area contributed by atoms with Crippen molar-refractivity contribution in [1.29, 1.82) is 0 Å². The van der Waals surface area contributed by atoms with Gasteiger partial charge in [0.2, 0.25) is 0 Å². The Morgan fingerprint density at radius 1 is 0.548 bits per heavy atom. The lowest BCUT2D eigenvalue weighted by Gasteiger charge is -2.14. The minimum atomic E-state index is -0.870. The molecule has 5 rings (SSSR count). The highest BCUT2D eigenvalue weighted by Gasteiger charge is 2.18. The molecule has 1 atom stereocenters. The number of hydrogen-bond acceptors (Lipinski definition) is 8. The number of ether oxygens (including phenoxy) is 5. The summed E-state index contributed by atoms with van der Waals surface area (Å²) in [5.74, 6) is 3.84. The van der Waals surface area contributed by atoms with Gasteiger partial charge in [-0.1, -0.05) is 18.2 Å². The molecule has 0 fully saturated rings. The number of carbonyl (C=O) groups is 1. The number of esters is 1. The number of rotatable bonds is 11. The first-order valence-electron chi connectivity index (χ1n) is 12.9. The number of non-ortho nitro benzene ring substituents is 1. The number of carbonyl (C=O) groups excluding carboxylic acids is 1. The maximum Gasteiger partial charge on any atom is 0.352 e. The normalized spacial score (nSPS) is 11.2. The quantitative estimate of drug-likeness (QED) is 0.0683. The van der Waals surface area contributed by atoms with Crippen LogP contribution in [0, 0.1) is 10.1 Å². The van der Waals surface area contributed by atoms with Gasteiger partial charge in [-0.05, 0) is 104 Å². The second-order valence-electron chi connectivity index (χ2n) is 8.97. The van der Waals surface area contributed by atoms with Gasteiger partial charge in [0, 0.05) is 12.1 Å². The van der Waals surface area contributed by atoms with Gasteiger partial charge in [-0.3, -0.25) is 10.1 Å². The van der Waals surface area contributed by atoms with Gasteiger partial charge >= 0.3 is 5.97 Å². The summed E-state index contributed by atoms with van der Waals surface area (Å²) in [5, 5.41) is 10.8. The molecule has 9 nitrogen and oxygen atoms in total. The Bertz CT molecular complexity index is 1620. The fourth-order valence-corrected chi connectivity index (χ4v) is 3.72. The van der Waals surface area contributed by atoms with E-state index >= 15 is 0 Å². The standard InChI is InChI=1S/C33H25NO8/c1-23(33(35)42-32-21-19-31(20-22-32)40-27-9-7-24(8-10-27)34(36)37)38-26-11-13-29(14-12-26)41-30-17-15-28(16-18-30)39-25-5-3-2-4-6-25/h2-23H,1H3. The lowest BCUT2D eigenvalue weighted by Crippen LogP contribution is -2.28. The van der Waals surface area contributed by atoms with Crippen molar-refractivity contribution in [2.45, 2.75) is 13.0 Å². The molecule has 1 unspecified atom stereocenters. The zero-order valence-electron chi connectivity index (χ0n) is 22.4. The number of nitro benzene ring substituents is 1. The smallest absolute Gasteiger partial charge is 0.352 e. The van der Waals surface area contributed by atoms with E-state index in [2.05, 4.69) is 0 Å². The minimum absolute atomic E-state index is 0.0262. The summed E-state index contributed by atoms with van der Waals surface area (Å²) in [6, 6.07) is 35.8. The van der Waals surface area contributed by atoms with Crippen molar-refractivity contribution in [2.75, 3.05) is 0 Å². The zero-order chi connectivity index (χ0) is 29.3. The van der Waals surface area contributed by atoms with Crippen LogP contribution in [0.15, 0.2) is 127 Å². The van der Waals surface area contributed by atoms with Gasteiger partial charge in [0.15, 0.2) is 6.10 Å². The molecular weight excluding hydrogens is 538 g/mol. The molecule has 42 heavy (non-hydrogen) atoms. The molecule has 0 saturated carbocycles. The molecule has 0 saturated heterocycles. The molecule has 5 aromatic rings. The molecule has 0 bridgehead atoms. The van der Waals surface area contributed by atoms with E-state index in [4.69, 9.17) is 23.7 Å². The third-order valence-electron chi connectivity index (χ3n) is 5.83. The summed E-state index contributed by atoms with van der Waals surface area (Å²) in [6.07, 6.45) is -0.870. The first-order chi connectivity index (χ1) is 20.4. The van der Waals surface area contributed by atoms with Gasteiger partial charge in [-0.2, -0.15) is 0 Å². The van der Waals surface area contributed by atoms with E-state index in [-0.39, 0.29) is 5.69 Å². The van der Waals surface area contributed by atoms with Crippen LogP contribution in [0.4, 0.5) is 5.69 Å². The summed E-state index contributed by atoms with van der Waals surface area (Å²) in [4.78, 5) is 22.9. The second-order valence-corrected chi connectivity index (χ2v) is 8.97. The molecule has 0 heterocycles. The topological polar surface area (TPSA) is 106 Å². The van der Waals surface area contributed by atoms with E-state index < -0.39 is 17.0 Å². The van der Waals surface area contributed by atoms with E-state index in [1.165, 1.54) is 24.3 Å². The first kappa shape index (κ1) is 27.7. The van der Waals surface area contributed by atoms with Crippen LogP contribution in [0.5, 0.6) is 46.0 Å². The molecule has 0 N–H and O–H groups in total. The monoisotopic (exact) mass is 563 g/mol. The van der Waals surface area contributed by atoms with Crippen molar-refractivity contribution >= 4 is 11.7 Å². The van der Waals surface area contributed by atoms with Crippen molar-refractivity contribution in [3.05, 3.63) is 138 Å². The summed E-state index contributed by atoms with van der Waals surface area (Å²) >= 11 is 0. The molecule has 0 aromatic heterocycles. The Kier molecular flexibility index (Phi) is 8.59. The average molecular weight is 564 g/mol. The Balaban J connectivity index is 1.09. The third-order valence-corrected chi connectivity index (χ3v) is 5.83. The highest BCUT2D eigenvalue weighted by molar-refractivity contribution is 5.77. The Hall–Kier alpha value is -5.83. The van der Waals surface area contributed by atoms with Gasteiger partial charge in [-0.15, -0.1) is 0 Å². The predicted octanol–water partition coefficient (Wildman–Crippen LogP) is 8.34. The number of nitro groups is 1. The van der Waals surface area contributed by atoms with E-state index in [9.17, 15) is 14.9 Å². The summed E-state index contributed by atoms with van der Waals surface area (Å²) in [7, 11) is 0. The SMILES string of the molecule is CC(Oc1ccc(Oc2ccc(Oc3ccccc3)cc2)cc1)C(=O)Oc1ccc(Oc2ccc([N+](=O)[O-])cc2)cc1. The molecule has 0 aliphatic rings. The van der Waals surface area contributed by atoms with Crippen molar-refractivity contribution in [1.82, 2.24) is 0 Å². The van der Waals surface area contributed by atoms with Crippen LogP contribution in [0.3, 0.4) is 0 Å². The van der Waals surface area contributed by atoms with Crippen molar-refractivity contribution in [3.63, 3.8) is 0 Å². The Morgan fingerprint density at radius 3 is 1.33 bits per heavy atom. The van der Waals surface area contributed by atoms with Crippen LogP contribution in [0.2, 0.25) is 0 Å². The second kappa shape index (κ2) is 13.0. The largest absolute Gasteiger partial charge is 0.479 e. The van der Waals surface area contributed by atoms with E-state index in [0.29, 0.717) is 40.2 Å². The fourth-order valence-electron chi connectivity index (χ4n) is 3.72. The highest BCUT2D eigenvalue weighted by Crippen LogP contribution is 2.29. The zero-order valence-corrected chi connectivity index (χ0v) is 22.4. The number of hydrogen-bond donors (Lipinski definition) is 0. The Labute approximate surface area is 241 Å². The summed E-state index contributed by atoms with van der Waals surface area (Å²) < 4.78 is 28.5. The molecule has 0 aliphatic carbocycles. The molecular formula is C33H25NO8. The first-order valence-corrected chi connectivity index (χ1v) is 12.9. The van der Waals surface area contributed by atoms with Crippen LogP contribution in [0.1, 0.15) is 6.92 Å². The van der Waals surface area contributed by atoms with Crippen molar-refractivity contribution in [3.8, 4) is 46.0 Å². The van der Waals surface area contributed by atoms with Gasteiger partial charge in [0.1, 0.15) is 46.0 Å². The maximum absolute atomic E-state index is 12.6. The molecule has 210 valence electrons. The lowest BCUT2D eigenvalue weighted by molar-refractivity contribution is -0.384. The Morgan fingerprint density at radius 2 is 0.905 bits per heavy atom.